The number of likely N-dealkylation sites (N-methyl/N-ethyl adjacent to an activating group) is 1. The lowest BCUT2D eigenvalue weighted by atomic mass is 10.0. The SMILES string of the molecule is CC/C=C\C/C=C\C/C=C\C/C=C\C/C=C\C/C=C\C/C=C\CCCCCCOCC(COP(=O)(O)OCC[N+](C)(C)C)OC(=O)CCCCCCCCCCCCCCCCCCCCCCCCCC. The third-order valence-corrected chi connectivity index (χ3v) is 13.7. The summed E-state index contributed by atoms with van der Waals surface area (Å²) in [5, 5.41) is 0. The van der Waals surface area contributed by atoms with Crippen molar-refractivity contribution in [3.05, 3.63) is 85.1 Å². The molecule has 2 unspecified atom stereocenters. The van der Waals surface area contributed by atoms with Crippen molar-refractivity contribution in [3.63, 3.8) is 0 Å². The predicted octanol–water partition coefficient (Wildman–Crippen LogP) is 19.1. The smallest absolute Gasteiger partial charge is 0.457 e. The van der Waals surface area contributed by atoms with Crippen LogP contribution in [0.15, 0.2) is 85.1 Å². The molecule has 0 aromatic heterocycles. The normalized spacial score (nSPS) is 14.0. The molecule has 2 atom stereocenters. The fourth-order valence-corrected chi connectivity index (χ4v) is 8.92. The second-order valence-corrected chi connectivity index (χ2v) is 22.5. The van der Waals surface area contributed by atoms with Crippen LogP contribution < -0.4 is 0 Å². The molecule has 0 amide bonds. The summed E-state index contributed by atoms with van der Waals surface area (Å²) in [4.78, 5) is 23.1. The van der Waals surface area contributed by atoms with E-state index < -0.39 is 13.9 Å². The van der Waals surface area contributed by atoms with Gasteiger partial charge in [0.2, 0.25) is 0 Å². The maximum atomic E-state index is 12.8. The molecular formula is C63H115NO7P+. The molecule has 0 aromatic rings. The number of phosphoric ester groups is 1. The van der Waals surface area contributed by atoms with Gasteiger partial charge in [-0.05, 0) is 70.6 Å². The van der Waals surface area contributed by atoms with Crippen molar-refractivity contribution in [3.8, 4) is 0 Å². The number of unbranched alkanes of at least 4 members (excludes halogenated alkanes) is 27. The predicted molar refractivity (Wildman–Crippen MR) is 311 cm³/mol. The second kappa shape index (κ2) is 54.9. The number of phosphoric acid groups is 1. The minimum absolute atomic E-state index is 0.0804. The Morgan fingerprint density at radius 2 is 0.806 bits per heavy atom. The summed E-state index contributed by atoms with van der Waals surface area (Å²) >= 11 is 0. The van der Waals surface area contributed by atoms with E-state index in [1.54, 1.807) is 0 Å². The minimum Gasteiger partial charge on any atom is -0.457 e. The highest BCUT2D eigenvalue weighted by molar-refractivity contribution is 7.47. The second-order valence-electron chi connectivity index (χ2n) is 21.0. The maximum absolute atomic E-state index is 12.8. The molecule has 1 N–H and O–H groups in total. The molecule has 0 rings (SSSR count). The zero-order valence-electron chi connectivity index (χ0n) is 47.6. The average molecular weight is 1030 g/mol. The number of rotatable bonds is 55. The first kappa shape index (κ1) is 69.7. The zero-order chi connectivity index (χ0) is 52.6. The molecular weight excluding hydrogens is 914 g/mol. The molecule has 0 aliphatic heterocycles. The van der Waals surface area contributed by atoms with E-state index in [2.05, 4.69) is 98.9 Å². The van der Waals surface area contributed by atoms with Crippen molar-refractivity contribution in [1.29, 1.82) is 0 Å². The van der Waals surface area contributed by atoms with E-state index in [0.717, 1.165) is 96.3 Å². The number of allylic oxidation sites excluding steroid dienone is 14. The maximum Gasteiger partial charge on any atom is 0.472 e. The Morgan fingerprint density at radius 1 is 0.444 bits per heavy atom. The Labute approximate surface area is 445 Å². The molecule has 0 fully saturated rings. The number of quaternary nitrogens is 1. The molecule has 0 radical (unpaired) electrons. The summed E-state index contributed by atoms with van der Waals surface area (Å²) in [5.41, 5.74) is 0. The van der Waals surface area contributed by atoms with Gasteiger partial charge < -0.3 is 18.9 Å². The lowest BCUT2D eigenvalue weighted by Gasteiger charge is -2.24. The molecule has 0 aliphatic rings. The number of hydrogen-bond donors (Lipinski definition) is 1. The number of ether oxygens (including phenoxy) is 2. The Morgan fingerprint density at radius 3 is 1.21 bits per heavy atom. The van der Waals surface area contributed by atoms with Crippen molar-refractivity contribution in [2.75, 3.05) is 54.1 Å². The van der Waals surface area contributed by atoms with Gasteiger partial charge in [-0.25, -0.2) is 4.57 Å². The molecule has 0 heterocycles. The van der Waals surface area contributed by atoms with Crippen LogP contribution in [0.25, 0.3) is 0 Å². The Balaban J connectivity index is 4.13. The lowest BCUT2D eigenvalue weighted by molar-refractivity contribution is -0.870. The summed E-state index contributed by atoms with van der Waals surface area (Å²) in [6.45, 7) is 5.47. The highest BCUT2D eigenvalue weighted by Gasteiger charge is 2.26. The van der Waals surface area contributed by atoms with Gasteiger partial charge in [0, 0.05) is 13.0 Å². The topological polar surface area (TPSA) is 91.3 Å². The monoisotopic (exact) mass is 1030 g/mol. The standard InChI is InChI=1S/C63H114NO7P/c1-6-8-10-12-14-16-18-20-22-24-26-28-30-32-33-35-37-39-41-43-45-47-49-51-53-55-58-68-60-62(61-70-72(66,67)69-59-57-64(3,4)5)71-63(65)56-54-52-50-48-46-44-42-40-38-36-34-31-29-27-25-23-21-19-17-15-13-11-9-7-2/h8,10,14,16,20,22,26,28,32-33,37,39,43,45,62H,6-7,9,11-13,15,17-19,21,23-25,27,29-31,34-36,38,40-42,44,46-61H2,1-5H3/p+1/b10-8-,16-14-,22-20-,28-26-,33-32-,39-37-,45-43-. The van der Waals surface area contributed by atoms with Crippen LogP contribution in [0.4, 0.5) is 0 Å². The number of esters is 1. The van der Waals surface area contributed by atoms with Crippen molar-refractivity contribution >= 4 is 13.8 Å². The van der Waals surface area contributed by atoms with Gasteiger partial charge in [-0.15, -0.1) is 0 Å². The highest BCUT2D eigenvalue weighted by atomic mass is 31.2. The summed E-state index contributed by atoms with van der Waals surface area (Å²) in [5.74, 6) is -0.321. The third kappa shape index (κ3) is 58.6. The van der Waals surface area contributed by atoms with E-state index in [-0.39, 0.29) is 25.8 Å². The molecule has 0 saturated heterocycles. The Hall–Kier alpha value is -2.32. The highest BCUT2D eigenvalue weighted by Crippen LogP contribution is 2.43. The van der Waals surface area contributed by atoms with E-state index in [0.29, 0.717) is 24.1 Å². The van der Waals surface area contributed by atoms with Crippen molar-refractivity contribution in [1.82, 2.24) is 0 Å². The van der Waals surface area contributed by atoms with Crippen LogP contribution in [0.3, 0.4) is 0 Å². The van der Waals surface area contributed by atoms with Gasteiger partial charge in [-0.2, -0.15) is 0 Å². The van der Waals surface area contributed by atoms with E-state index in [9.17, 15) is 14.3 Å². The van der Waals surface area contributed by atoms with Crippen LogP contribution >= 0.6 is 7.82 Å². The van der Waals surface area contributed by atoms with E-state index >= 15 is 0 Å². The summed E-state index contributed by atoms with van der Waals surface area (Å²) in [6.07, 6.45) is 75.1. The van der Waals surface area contributed by atoms with Gasteiger partial charge in [-0.1, -0.05) is 259 Å². The van der Waals surface area contributed by atoms with E-state index in [1.807, 2.05) is 21.1 Å². The van der Waals surface area contributed by atoms with Gasteiger partial charge in [0.15, 0.2) is 0 Å². The van der Waals surface area contributed by atoms with Gasteiger partial charge in [-0.3, -0.25) is 13.8 Å². The summed E-state index contributed by atoms with van der Waals surface area (Å²) in [6, 6.07) is 0. The molecule has 0 aromatic carbocycles. The Bertz CT molecular complexity index is 1430. The first-order valence-corrected chi connectivity index (χ1v) is 31.3. The lowest BCUT2D eigenvalue weighted by Crippen LogP contribution is -2.37. The van der Waals surface area contributed by atoms with Crippen LogP contribution in [0, 0.1) is 0 Å². The first-order valence-electron chi connectivity index (χ1n) is 29.8. The largest absolute Gasteiger partial charge is 0.472 e. The van der Waals surface area contributed by atoms with Gasteiger partial charge in [0.25, 0.3) is 0 Å². The summed E-state index contributed by atoms with van der Waals surface area (Å²) < 4.78 is 35.3. The number of carbonyl (C=O) groups is 1. The zero-order valence-corrected chi connectivity index (χ0v) is 48.5. The molecule has 0 spiro atoms. The Kier molecular flexibility index (Phi) is 53.2. The molecule has 418 valence electrons. The van der Waals surface area contributed by atoms with Crippen LogP contribution in [-0.4, -0.2) is 75.6 Å². The molecule has 8 nitrogen and oxygen atoms in total. The van der Waals surface area contributed by atoms with Gasteiger partial charge in [0.1, 0.15) is 19.3 Å². The third-order valence-electron chi connectivity index (χ3n) is 12.7. The molecule has 0 aliphatic carbocycles. The molecule has 72 heavy (non-hydrogen) atoms. The van der Waals surface area contributed by atoms with Crippen LogP contribution in [0.2, 0.25) is 0 Å². The number of carbonyl (C=O) groups excluding carboxylic acids is 1. The van der Waals surface area contributed by atoms with Gasteiger partial charge in [0.05, 0.1) is 34.4 Å². The number of nitrogens with zero attached hydrogens (tertiary/aromatic N) is 1. The van der Waals surface area contributed by atoms with E-state index in [4.69, 9.17) is 18.5 Å². The van der Waals surface area contributed by atoms with Gasteiger partial charge >= 0.3 is 13.8 Å². The summed E-state index contributed by atoms with van der Waals surface area (Å²) in [7, 11) is 1.65. The quantitative estimate of drug-likeness (QED) is 0.0213. The fraction of sp³-hybridized carbons (Fsp3) is 0.762. The van der Waals surface area contributed by atoms with Crippen molar-refractivity contribution < 1.29 is 37.3 Å². The van der Waals surface area contributed by atoms with E-state index in [1.165, 1.54) is 135 Å². The molecule has 0 saturated carbocycles. The van der Waals surface area contributed by atoms with Crippen LogP contribution in [0.5, 0.6) is 0 Å². The minimum atomic E-state index is -4.30. The van der Waals surface area contributed by atoms with Crippen molar-refractivity contribution in [2.45, 2.75) is 258 Å². The fourth-order valence-electron chi connectivity index (χ4n) is 8.18. The molecule has 9 heteroatoms. The first-order chi connectivity index (χ1) is 35.1. The molecule has 0 bridgehead atoms. The van der Waals surface area contributed by atoms with Crippen LogP contribution in [0.1, 0.15) is 251 Å². The number of hydrogen-bond acceptors (Lipinski definition) is 6. The average Bonchev–Trinajstić information content (AvgIpc) is 3.34. The van der Waals surface area contributed by atoms with Crippen LogP contribution in [-0.2, 0) is 27.9 Å². The van der Waals surface area contributed by atoms with Crippen molar-refractivity contribution in [2.24, 2.45) is 0 Å².